The van der Waals surface area contributed by atoms with Crippen LogP contribution in [0.15, 0.2) is 30.6 Å². The molecule has 4 nitrogen and oxygen atoms in total. The lowest BCUT2D eigenvalue weighted by Gasteiger charge is -2.24. The quantitative estimate of drug-likeness (QED) is 0.927. The first-order valence-corrected chi connectivity index (χ1v) is 7.10. The van der Waals surface area contributed by atoms with Crippen LogP contribution in [0.3, 0.4) is 0 Å². The zero-order valence-electron chi connectivity index (χ0n) is 12.2. The molecule has 0 fully saturated rings. The number of rotatable bonds is 3. The first-order chi connectivity index (χ1) is 9.72. The molecule has 0 spiro atoms. The van der Waals surface area contributed by atoms with Crippen molar-refractivity contribution in [3.63, 3.8) is 0 Å². The topological polar surface area (TPSA) is 41.1 Å². The Morgan fingerprint density at radius 2 is 2.00 bits per heavy atom. The van der Waals surface area contributed by atoms with E-state index in [1.807, 2.05) is 7.05 Å². The average Bonchev–Trinajstić information content (AvgIpc) is 2.90. The number of nitrogens with zero attached hydrogens (tertiary/aromatic N) is 3. The van der Waals surface area contributed by atoms with E-state index in [1.54, 1.807) is 6.33 Å². The number of hydrogen-bond acceptors (Lipinski definition) is 4. The van der Waals surface area contributed by atoms with E-state index in [2.05, 4.69) is 58.3 Å². The van der Waals surface area contributed by atoms with E-state index < -0.39 is 0 Å². The fraction of sp³-hybridized carbons (Fsp3) is 0.375. The fourth-order valence-electron chi connectivity index (χ4n) is 2.89. The Bertz CT molecular complexity index is 622. The summed E-state index contributed by atoms with van der Waals surface area (Å²) in [5.74, 6) is 2.33. The molecule has 1 aliphatic rings. The number of anilines is 3. The molecule has 0 bridgehead atoms. The van der Waals surface area contributed by atoms with Gasteiger partial charge in [0.1, 0.15) is 18.0 Å². The second kappa shape index (κ2) is 5.12. The standard InChI is InChI=1S/C16H20N4/c1-11(2)14-15(17-3)18-10-19-16(14)20-9-8-12-6-4-5-7-13(12)20/h4-7,10-11H,8-9H2,1-3H3,(H,17,18,19). The maximum Gasteiger partial charge on any atom is 0.142 e. The molecule has 2 aromatic rings. The van der Waals surface area contributed by atoms with E-state index in [9.17, 15) is 0 Å². The van der Waals surface area contributed by atoms with Crippen molar-refractivity contribution < 1.29 is 0 Å². The molecule has 1 aromatic carbocycles. The molecule has 1 aliphatic heterocycles. The molecule has 0 radical (unpaired) electrons. The zero-order chi connectivity index (χ0) is 14.1. The van der Waals surface area contributed by atoms with Crippen molar-refractivity contribution in [3.05, 3.63) is 41.7 Å². The van der Waals surface area contributed by atoms with Crippen LogP contribution in [-0.2, 0) is 6.42 Å². The summed E-state index contributed by atoms with van der Waals surface area (Å²) in [4.78, 5) is 11.2. The molecular weight excluding hydrogens is 248 g/mol. The van der Waals surface area contributed by atoms with Crippen molar-refractivity contribution in [2.45, 2.75) is 26.2 Å². The second-order valence-electron chi connectivity index (χ2n) is 5.39. The van der Waals surface area contributed by atoms with Gasteiger partial charge < -0.3 is 10.2 Å². The van der Waals surface area contributed by atoms with Crippen LogP contribution in [0.5, 0.6) is 0 Å². The lowest BCUT2D eigenvalue weighted by atomic mass is 10.0. The van der Waals surface area contributed by atoms with Crippen molar-refractivity contribution in [1.82, 2.24) is 9.97 Å². The molecule has 0 aliphatic carbocycles. The van der Waals surface area contributed by atoms with Crippen molar-refractivity contribution in [3.8, 4) is 0 Å². The number of nitrogens with one attached hydrogen (secondary N) is 1. The molecule has 1 N–H and O–H groups in total. The Hall–Kier alpha value is -2.10. The van der Waals surface area contributed by atoms with Gasteiger partial charge in [-0.3, -0.25) is 0 Å². The highest BCUT2D eigenvalue weighted by atomic mass is 15.2. The SMILES string of the molecule is CNc1ncnc(N2CCc3ccccc32)c1C(C)C. The molecule has 0 amide bonds. The molecule has 4 heteroatoms. The van der Waals surface area contributed by atoms with E-state index in [0.29, 0.717) is 5.92 Å². The maximum atomic E-state index is 4.56. The smallest absolute Gasteiger partial charge is 0.142 e. The maximum absolute atomic E-state index is 4.56. The lowest BCUT2D eigenvalue weighted by molar-refractivity contribution is 0.832. The van der Waals surface area contributed by atoms with Gasteiger partial charge in [-0.25, -0.2) is 9.97 Å². The summed E-state index contributed by atoms with van der Waals surface area (Å²) in [6, 6.07) is 8.56. The minimum atomic E-state index is 0.376. The van der Waals surface area contributed by atoms with Crippen LogP contribution in [0.1, 0.15) is 30.9 Å². The molecule has 20 heavy (non-hydrogen) atoms. The van der Waals surface area contributed by atoms with Crippen molar-refractivity contribution >= 4 is 17.3 Å². The van der Waals surface area contributed by atoms with Crippen molar-refractivity contribution in [2.24, 2.45) is 0 Å². The van der Waals surface area contributed by atoms with E-state index in [4.69, 9.17) is 0 Å². The summed E-state index contributed by atoms with van der Waals surface area (Å²) >= 11 is 0. The lowest BCUT2D eigenvalue weighted by Crippen LogP contribution is -2.18. The van der Waals surface area contributed by atoms with E-state index >= 15 is 0 Å². The Morgan fingerprint density at radius 3 is 2.75 bits per heavy atom. The van der Waals surface area contributed by atoms with Crippen molar-refractivity contribution in [2.75, 3.05) is 23.8 Å². The summed E-state index contributed by atoms with van der Waals surface area (Å²) in [5, 5.41) is 3.19. The highest BCUT2D eigenvalue weighted by molar-refractivity contribution is 5.72. The highest BCUT2D eigenvalue weighted by Gasteiger charge is 2.25. The zero-order valence-corrected chi connectivity index (χ0v) is 12.2. The largest absolute Gasteiger partial charge is 0.373 e. The predicted octanol–water partition coefficient (Wildman–Crippen LogP) is 3.34. The summed E-state index contributed by atoms with van der Waals surface area (Å²) in [7, 11) is 1.91. The number of benzene rings is 1. The summed E-state index contributed by atoms with van der Waals surface area (Å²) in [5.41, 5.74) is 3.86. The minimum absolute atomic E-state index is 0.376. The number of aromatic nitrogens is 2. The Labute approximate surface area is 119 Å². The molecule has 0 saturated carbocycles. The molecule has 104 valence electrons. The monoisotopic (exact) mass is 268 g/mol. The van der Waals surface area contributed by atoms with Crippen LogP contribution in [0.4, 0.5) is 17.3 Å². The van der Waals surface area contributed by atoms with Gasteiger partial charge in [0.15, 0.2) is 0 Å². The van der Waals surface area contributed by atoms with Crippen LogP contribution in [0.2, 0.25) is 0 Å². The van der Waals surface area contributed by atoms with Crippen LogP contribution >= 0.6 is 0 Å². The van der Waals surface area contributed by atoms with Crippen LogP contribution in [-0.4, -0.2) is 23.6 Å². The number of fused-ring (bicyclic) bond motifs is 1. The summed E-state index contributed by atoms with van der Waals surface area (Å²) in [6.07, 6.45) is 2.72. The predicted molar refractivity (Wildman–Crippen MR) is 82.8 cm³/mol. The number of hydrogen-bond donors (Lipinski definition) is 1. The first-order valence-electron chi connectivity index (χ1n) is 7.10. The average molecular weight is 268 g/mol. The van der Waals surface area contributed by atoms with E-state index in [-0.39, 0.29) is 0 Å². The first kappa shape index (κ1) is 12.9. The van der Waals surface area contributed by atoms with Crippen LogP contribution in [0, 0.1) is 0 Å². The van der Waals surface area contributed by atoms with Gasteiger partial charge in [0, 0.05) is 24.8 Å². The Balaban J connectivity index is 2.12. The van der Waals surface area contributed by atoms with E-state index in [0.717, 1.165) is 24.6 Å². The third-order valence-corrected chi connectivity index (χ3v) is 3.82. The van der Waals surface area contributed by atoms with Gasteiger partial charge in [0.2, 0.25) is 0 Å². The molecule has 1 aromatic heterocycles. The van der Waals surface area contributed by atoms with Gasteiger partial charge in [-0.05, 0) is 24.0 Å². The molecule has 2 heterocycles. The van der Waals surface area contributed by atoms with Crippen LogP contribution in [0.25, 0.3) is 0 Å². The molecule has 3 rings (SSSR count). The van der Waals surface area contributed by atoms with Gasteiger partial charge in [-0.1, -0.05) is 32.0 Å². The number of para-hydroxylation sites is 1. The second-order valence-corrected chi connectivity index (χ2v) is 5.39. The van der Waals surface area contributed by atoms with Gasteiger partial charge in [0.05, 0.1) is 0 Å². The van der Waals surface area contributed by atoms with Gasteiger partial charge in [-0.15, -0.1) is 0 Å². The van der Waals surface area contributed by atoms with Gasteiger partial charge in [-0.2, -0.15) is 0 Å². The molecule has 0 atom stereocenters. The van der Waals surface area contributed by atoms with Crippen LogP contribution < -0.4 is 10.2 Å². The minimum Gasteiger partial charge on any atom is -0.373 e. The Morgan fingerprint density at radius 1 is 1.20 bits per heavy atom. The Kier molecular flexibility index (Phi) is 3.30. The summed E-state index contributed by atoms with van der Waals surface area (Å²) in [6.45, 7) is 5.36. The molecule has 0 unspecified atom stereocenters. The highest BCUT2D eigenvalue weighted by Crippen LogP contribution is 2.38. The van der Waals surface area contributed by atoms with Gasteiger partial charge in [0.25, 0.3) is 0 Å². The molecule has 0 saturated heterocycles. The molecular formula is C16H20N4. The third kappa shape index (κ3) is 2.01. The van der Waals surface area contributed by atoms with Crippen molar-refractivity contribution in [1.29, 1.82) is 0 Å². The third-order valence-electron chi connectivity index (χ3n) is 3.82. The fourth-order valence-corrected chi connectivity index (χ4v) is 2.89. The van der Waals surface area contributed by atoms with E-state index in [1.165, 1.54) is 16.8 Å². The summed E-state index contributed by atoms with van der Waals surface area (Å²) < 4.78 is 0. The van der Waals surface area contributed by atoms with Gasteiger partial charge >= 0.3 is 0 Å². The normalized spacial score (nSPS) is 13.7.